The largest absolute Gasteiger partial charge is 0.381 e. The maximum atomic E-state index is 12.4. The van der Waals surface area contributed by atoms with Gasteiger partial charge in [-0.3, -0.25) is 0 Å². The summed E-state index contributed by atoms with van der Waals surface area (Å²) in [5.74, 6) is -0.0164. The van der Waals surface area contributed by atoms with Crippen LogP contribution in [0.25, 0.3) is 0 Å². The molecule has 1 aliphatic rings. The van der Waals surface area contributed by atoms with Crippen molar-refractivity contribution in [1.82, 2.24) is 4.31 Å². The monoisotopic (exact) mass is 317 g/mol. The summed E-state index contributed by atoms with van der Waals surface area (Å²) in [6.07, 6.45) is 1.24. The summed E-state index contributed by atoms with van der Waals surface area (Å²) >= 11 is 5.87. The zero-order valence-corrected chi connectivity index (χ0v) is 13.3. The van der Waals surface area contributed by atoms with Crippen molar-refractivity contribution in [2.75, 3.05) is 27.3 Å². The Morgan fingerprint density at radius 2 is 1.95 bits per heavy atom. The van der Waals surface area contributed by atoms with E-state index in [9.17, 15) is 8.42 Å². The number of hydrogen-bond donors (Lipinski definition) is 0. The van der Waals surface area contributed by atoms with E-state index in [1.165, 1.54) is 4.31 Å². The van der Waals surface area contributed by atoms with Gasteiger partial charge in [0.2, 0.25) is 10.0 Å². The molecule has 2 atom stereocenters. The van der Waals surface area contributed by atoms with Gasteiger partial charge >= 0.3 is 0 Å². The predicted octanol–water partition coefficient (Wildman–Crippen LogP) is 2.18. The van der Waals surface area contributed by atoms with Crippen LogP contribution in [0.3, 0.4) is 0 Å². The van der Waals surface area contributed by atoms with E-state index in [0.29, 0.717) is 31.1 Å². The number of hydrogen-bond acceptors (Lipinski definition) is 3. The Bertz CT molecular complexity index is 542. The van der Waals surface area contributed by atoms with E-state index in [2.05, 4.69) is 0 Å². The van der Waals surface area contributed by atoms with Crippen molar-refractivity contribution in [3.8, 4) is 0 Å². The van der Waals surface area contributed by atoms with Gasteiger partial charge in [-0.2, -0.15) is 0 Å². The molecule has 4 nitrogen and oxygen atoms in total. The maximum absolute atomic E-state index is 12.4. The molecule has 0 spiro atoms. The molecule has 0 aliphatic carbocycles. The third-order valence-corrected chi connectivity index (χ3v) is 6.36. The number of rotatable bonds is 4. The number of sulfonamides is 1. The van der Waals surface area contributed by atoms with Crippen LogP contribution in [0.15, 0.2) is 24.3 Å². The Morgan fingerprint density at radius 1 is 1.30 bits per heavy atom. The van der Waals surface area contributed by atoms with E-state index >= 15 is 0 Å². The molecule has 0 aromatic heterocycles. The topological polar surface area (TPSA) is 46.6 Å². The molecule has 0 radical (unpaired) electrons. The first-order valence-electron chi connectivity index (χ1n) is 6.65. The van der Waals surface area contributed by atoms with Crippen LogP contribution >= 0.6 is 11.6 Å². The lowest BCUT2D eigenvalue weighted by Gasteiger charge is -2.33. The van der Waals surface area contributed by atoms with Crippen LogP contribution in [0.4, 0.5) is 0 Å². The summed E-state index contributed by atoms with van der Waals surface area (Å²) in [5, 5.41) is 0.313. The van der Waals surface area contributed by atoms with E-state index in [0.717, 1.165) is 5.56 Å². The van der Waals surface area contributed by atoms with Gasteiger partial charge in [-0.25, -0.2) is 12.7 Å². The quantitative estimate of drug-likeness (QED) is 0.855. The third kappa shape index (κ3) is 3.52. The Hall–Kier alpha value is -0.620. The molecule has 112 valence electrons. The van der Waals surface area contributed by atoms with Crippen LogP contribution in [0.1, 0.15) is 12.0 Å². The highest BCUT2D eigenvalue weighted by Gasteiger charge is 2.37. The third-order valence-electron chi connectivity index (χ3n) is 3.71. The standard InChI is InChI=1S/C14H20ClNO3S/c1-16(2)20(17,18)14-7-8-19-10-12(14)9-11-3-5-13(15)6-4-11/h3-6,12,14H,7-10H2,1-2H3/t12-,14+/m1/s1. The first-order chi connectivity index (χ1) is 9.41. The minimum atomic E-state index is -3.25. The summed E-state index contributed by atoms with van der Waals surface area (Å²) in [6.45, 7) is 0.995. The highest BCUT2D eigenvalue weighted by Crippen LogP contribution is 2.27. The molecule has 0 N–H and O–H groups in total. The molecule has 1 heterocycles. The van der Waals surface area contributed by atoms with Crippen molar-refractivity contribution in [2.24, 2.45) is 5.92 Å². The van der Waals surface area contributed by atoms with Crippen molar-refractivity contribution in [2.45, 2.75) is 18.1 Å². The number of nitrogens with zero attached hydrogens (tertiary/aromatic N) is 1. The molecule has 0 amide bonds. The van der Waals surface area contributed by atoms with E-state index in [1.54, 1.807) is 14.1 Å². The summed E-state index contributed by atoms with van der Waals surface area (Å²) in [4.78, 5) is 0. The Balaban J connectivity index is 2.17. The van der Waals surface area contributed by atoms with E-state index in [4.69, 9.17) is 16.3 Å². The lowest BCUT2D eigenvalue weighted by atomic mass is 9.94. The zero-order valence-electron chi connectivity index (χ0n) is 11.8. The van der Waals surface area contributed by atoms with Gasteiger partial charge in [0.25, 0.3) is 0 Å². The SMILES string of the molecule is CN(C)S(=O)(=O)[C@H]1CCOC[C@H]1Cc1ccc(Cl)cc1. The molecule has 1 fully saturated rings. The van der Waals surface area contributed by atoms with Crippen molar-refractivity contribution in [1.29, 1.82) is 0 Å². The smallest absolute Gasteiger partial charge is 0.216 e. The van der Waals surface area contributed by atoms with Gasteiger partial charge in [0.15, 0.2) is 0 Å². The number of halogens is 1. The fraction of sp³-hybridized carbons (Fsp3) is 0.571. The predicted molar refractivity (Wildman–Crippen MR) is 80.5 cm³/mol. The van der Waals surface area contributed by atoms with Crippen molar-refractivity contribution in [3.05, 3.63) is 34.9 Å². The van der Waals surface area contributed by atoms with Gasteiger partial charge in [0, 0.05) is 31.6 Å². The maximum Gasteiger partial charge on any atom is 0.216 e. The summed E-state index contributed by atoms with van der Waals surface area (Å²) in [6, 6.07) is 7.54. The molecule has 0 saturated carbocycles. The average molecular weight is 318 g/mol. The van der Waals surface area contributed by atoms with Crippen LogP contribution in [0, 0.1) is 5.92 Å². The molecule has 0 unspecified atom stereocenters. The van der Waals surface area contributed by atoms with E-state index in [-0.39, 0.29) is 11.2 Å². The molecule has 20 heavy (non-hydrogen) atoms. The molecular weight excluding hydrogens is 298 g/mol. The van der Waals surface area contributed by atoms with Crippen molar-refractivity contribution >= 4 is 21.6 Å². The molecule has 6 heteroatoms. The van der Waals surface area contributed by atoms with Gasteiger partial charge in [0.05, 0.1) is 11.9 Å². The summed E-state index contributed by atoms with van der Waals surface area (Å²) < 4.78 is 31.6. The van der Waals surface area contributed by atoms with Crippen LogP contribution < -0.4 is 0 Å². The number of benzene rings is 1. The molecule has 1 aliphatic heterocycles. The Kier molecular flexibility index (Phi) is 5.07. The van der Waals surface area contributed by atoms with Gasteiger partial charge in [-0.1, -0.05) is 23.7 Å². The molecule has 1 saturated heterocycles. The van der Waals surface area contributed by atoms with Crippen molar-refractivity contribution < 1.29 is 13.2 Å². The van der Waals surface area contributed by atoms with Crippen LogP contribution in [-0.2, 0) is 21.2 Å². The molecule has 0 bridgehead atoms. The molecular formula is C14H20ClNO3S. The second-order valence-electron chi connectivity index (χ2n) is 5.32. The normalized spacial score (nSPS) is 24.0. The fourth-order valence-corrected chi connectivity index (χ4v) is 4.28. The Labute approximate surface area is 125 Å². The minimum absolute atomic E-state index is 0.0164. The zero-order chi connectivity index (χ0) is 14.8. The van der Waals surface area contributed by atoms with Gasteiger partial charge in [-0.05, 0) is 30.5 Å². The van der Waals surface area contributed by atoms with Gasteiger partial charge in [-0.15, -0.1) is 0 Å². The van der Waals surface area contributed by atoms with Crippen LogP contribution in [0.5, 0.6) is 0 Å². The van der Waals surface area contributed by atoms with E-state index < -0.39 is 10.0 Å². The van der Waals surface area contributed by atoms with Crippen LogP contribution in [0.2, 0.25) is 5.02 Å². The van der Waals surface area contributed by atoms with Crippen molar-refractivity contribution in [3.63, 3.8) is 0 Å². The highest BCUT2D eigenvalue weighted by atomic mass is 35.5. The first kappa shape index (κ1) is 15.8. The first-order valence-corrected chi connectivity index (χ1v) is 8.53. The second kappa shape index (κ2) is 6.43. The minimum Gasteiger partial charge on any atom is -0.381 e. The van der Waals surface area contributed by atoms with Gasteiger partial charge < -0.3 is 4.74 Å². The van der Waals surface area contributed by atoms with Gasteiger partial charge in [0.1, 0.15) is 0 Å². The Morgan fingerprint density at radius 3 is 2.55 bits per heavy atom. The van der Waals surface area contributed by atoms with Crippen LogP contribution in [-0.4, -0.2) is 45.3 Å². The fourth-order valence-electron chi connectivity index (χ4n) is 2.55. The average Bonchev–Trinajstić information content (AvgIpc) is 2.41. The molecule has 2 rings (SSSR count). The molecule has 1 aromatic carbocycles. The van der Waals surface area contributed by atoms with E-state index in [1.807, 2.05) is 24.3 Å². The lowest BCUT2D eigenvalue weighted by Crippen LogP contribution is -2.44. The molecule has 1 aromatic rings. The number of ether oxygens (including phenoxy) is 1. The summed E-state index contributed by atoms with van der Waals surface area (Å²) in [5.41, 5.74) is 1.09. The second-order valence-corrected chi connectivity index (χ2v) is 8.12. The summed E-state index contributed by atoms with van der Waals surface area (Å²) in [7, 11) is -0.0752. The lowest BCUT2D eigenvalue weighted by molar-refractivity contribution is 0.0563. The highest BCUT2D eigenvalue weighted by molar-refractivity contribution is 7.89.